The molecule has 0 bridgehead atoms. The summed E-state index contributed by atoms with van der Waals surface area (Å²) in [5.41, 5.74) is 8.25. The molecule has 0 radical (unpaired) electrons. The van der Waals surface area contributed by atoms with E-state index in [9.17, 15) is 13.2 Å². The van der Waals surface area contributed by atoms with Crippen molar-refractivity contribution >= 4 is 38.1 Å². The molecule has 1 aliphatic rings. The molecule has 1 saturated heterocycles. The van der Waals surface area contributed by atoms with Crippen LogP contribution in [0.2, 0.25) is 0 Å². The van der Waals surface area contributed by atoms with Crippen LogP contribution in [0.4, 0.5) is 0 Å². The van der Waals surface area contributed by atoms with Crippen molar-refractivity contribution in [3.05, 3.63) is 62.1 Å². The Hall–Kier alpha value is -2.03. The van der Waals surface area contributed by atoms with Crippen molar-refractivity contribution < 1.29 is 13.2 Å². The zero-order chi connectivity index (χ0) is 23.6. The second-order valence-electron chi connectivity index (χ2n) is 8.39. The van der Waals surface area contributed by atoms with Gasteiger partial charge < -0.3 is 0 Å². The van der Waals surface area contributed by atoms with E-state index >= 15 is 0 Å². The number of carbonyl (C=O) groups is 1. The summed E-state index contributed by atoms with van der Waals surface area (Å²) in [7, 11) is -3.63. The molecule has 1 fully saturated rings. The largest absolute Gasteiger partial charge is 0.273 e. The molecule has 0 unspecified atom stereocenters. The van der Waals surface area contributed by atoms with E-state index in [-0.39, 0.29) is 11.8 Å². The number of hydrogen-bond donors (Lipinski definition) is 1. The van der Waals surface area contributed by atoms with Gasteiger partial charge in [-0.2, -0.15) is 9.41 Å². The first-order chi connectivity index (χ1) is 15.1. The Balaban J connectivity index is 1.68. The molecule has 0 saturated carbocycles. The summed E-state index contributed by atoms with van der Waals surface area (Å²) in [6, 6.07) is 7.59. The van der Waals surface area contributed by atoms with Crippen LogP contribution in [-0.4, -0.2) is 37.9 Å². The summed E-state index contributed by atoms with van der Waals surface area (Å²) in [5, 5.41) is 4.06. The van der Waals surface area contributed by atoms with Crippen LogP contribution in [0, 0.1) is 40.5 Å². The maximum absolute atomic E-state index is 13.5. The smallest absolute Gasteiger partial charge is 0.243 e. The number of amides is 1. The highest BCUT2D eigenvalue weighted by atomic mass is 79.9. The van der Waals surface area contributed by atoms with Gasteiger partial charge in [-0.15, -0.1) is 0 Å². The normalized spacial score (nSPS) is 15.9. The van der Waals surface area contributed by atoms with Gasteiger partial charge in [-0.25, -0.2) is 13.8 Å². The van der Waals surface area contributed by atoms with E-state index < -0.39 is 10.0 Å². The van der Waals surface area contributed by atoms with Gasteiger partial charge in [0.05, 0.1) is 11.1 Å². The fourth-order valence-electron chi connectivity index (χ4n) is 4.18. The van der Waals surface area contributed by atoms with Crippen LogP contribution >= 0.6 is 15.9 Å². The third-order valence-electron chi connectivity index (χ3n) is 6.64. The summed E-state index contributed by atoms with van der Waals surface area (Å²) < 4.78 is 29.4. The van der Waals surface area contributed by atoms with Crippen molar-refractivity contribution in [1.82, 2.24) is 9.73 Å². The summed E-state index contributed by atoms with van der Waals surface area (Å²) in [6.07, 6.45) is 2.53. The fourth-order valence-corrected chi connectivity index (χ4v) is 6.59. The standard InChI is InChI=1S/C24H30BrN3O3S/c1-15-16(2)18(4)23(19(5)17(15)3)32(30,31)28-12-10-20(11-13-28)24(29)27-26-14-21-8-6-7-9-22(21)25/h6-9,14,20H,10-13H2,1-5H3,(H,27,29)/b26-14-. The van der Waals surface area contributed by atoms with Crippen molar-refractivity contribution in [2.75, 3.05) is 13.1 Å². The molecule has 1 amide bonds. The molecule has 2 aromatic carbocycles. The van der Waals surface area contributed by atoms with E-state index in [1.807, 2.05) is 58.9 Å². The zero-order valence-corrected chi connectivity index (χ0v) is 21.6. The number of nitrogens with zero attached hydrogens (tertiary/aromatic N) is 2. The average Bonchev–Trinajstić information content (AvgIpc) is 2.77. The van der Waals surface area contributed by atoms with E-state index in [1.165, 1.54) is 4.31 Å². The van der Waals surface area contributed by atoms with Crippen molar-refractivity contribution in [2.45, 2.75) is 52.4 Å². The van der Waals surface area contributed by atoms with Crippen LogP contribution in [-0.2, 0) is 14.8 Å². The molecule has 1 aliphatic heterocycles. The van der Waals surface area contributed by atoms with Gasteiger partial charge in [0.15, 0.2) is 0 Å². The summed E-state index contributed by atoms with van der Waals surface area (Å²) in [5.74, 6) is -0.443. The van der Waals surface area contributed by atoms with Crippen molar-refractivity contribution in [1.29, 1.82) is 0 Å². The third kappa shape index (κ3) is 4.82. The van der Waals surface area contributed by atoms with Crippen molar-refractivity contribution in [3.8, 4) is 0 Å². The first-order valence-electron chi connectivity index (χ1n) is 10.7. The highest BCUT2D eigenvalue weighted by molar-refractivity contribution is 9.10. The quantitative estimate of drug-likeness (QED) is 0.465. The van der Waals surface area contributed by atoms with Crippen LogP contribution < -0.4 is 5.43 Å². The fraction of sp³-hybridized carbons (Fsp3) is 0.417. The highest BCUT2D eigenvalue weighted by Gasteiger charge is 2.34. The van der Waals surface area contributed by atoms with E-state index in [0.717, 1.165) is 37.9 Å². The number of halogens is 1. The Morgan fingerprint density at radius 3 is 2.09 bits per heavy atom. The molecule has 32 heavy (non-hydrogen) atoms. The molecule has 0 atom stereocenters. The van der Waals surface area contributed by atoms with Gasteiger partial charge in [0, 0.05) is 29.0 Å². The molecule has 0 spiro atoms. The molecule has 2 aromatic rings. The maximum atomic E-state index is 13.5. The Kier molecular flexibility index (Phi) is 7.57. The molecule has 3 rings (SSSR count). The van der Waals surface area contributed by atoms with Gasteiger partial charge in [0.2, 0.25) is 15.9 Å². The summed E-state index contributed by atoms with van der Waals surface area (Å²) in [4.78, 5) is 12.9. The third-order valence-corrected chi connectivity index (χ3v) is 9.53. The van der Waals surface area contributed by atoms with Crippen LogP contribution in [0.1, 0.15) is 46.2 Å². The topological polar surface area (TPSA) is 78.8 Å². The molecule has 0 aliphatic carbocycles. The van der Waals surface area contributed by atoms with E-state index in [4.69, 9.17) is 0 Å². The molecule has 0 aromatic heterocycles. The van der Waals surface area contributed by atoms with Gasteiger partial charge >= 0.3 is 0 Å². The number of nitrogens with one attached hydrogen (secondary N) is 1. The van der Waals surface area contributed by atoms with E-state index in [2.05, 4.69) is 26.5 Å². The predicted molar refractivity (Wildman–Crippen MR) is 131 cm³/mol. The number of hydrazone groups is 1. The molecule has 1 heterocycles. The SMILES string of the molecule is Cc1c(C)c(C)c(S(=O)(=O)N2CCC(C(=O)N/N=C\c3ccccc3Br)CC2)c(C)c1C. The van der Waals surface area contributed by atoms with Crippen LogP contribution in [0.25, 0.3) is 0 Å². The zero-order valence-electron chi connectivity index (χ0n) is 19.2. The molecule has 8 heteroatoms. The minimum absolute atomic E-state index is 0.181. The Morgan fingerprint density at radius 2 is 1.53 bits per heavy atom. The van der Waals surface area contributed by atoms with Crippen LogP contribution in [0.5, 0.6) is 0 Å². The number of rotatable bonds is 5. The number of carbonyl (C=O) groups excluding carboxylic acids is 1. The lowest BCUT2D eigenvalue weighted by molar-refractivity contribution is -0.126. The molecule has 6 nitrogen and oxygen atoms in total. The first-order valence-corrected chi connectivity index (χ1v) is 12.9. The van der Waals surface area contributed by atoms with Gasteiger partial charge in [-0.3, -0.25) is 4.79 Å². The lowest BCUT2D eigenvalue weighted by Gasteiger charge is -2.31. The average molecular weight is 520 g/mol. The molecule has 1 N–H and O–H groups in total. The van der Waals surface area contributed by atoms with E-state index in [0.29, 0.717) is 30.8 Å². The van der Waals surface area contributed by atoms with E-state index in [1.54, 1.807) is 6.21 Å². The van der Waals surface area contributed by atoms with Gasteiger partial charge in [0.1, 0.15) is 0 Å². The minimum atomic E-state index is -3.63. The predicted octanol–water partition coefficient (Wildman–Crippen LogP) is 4.54. The number of piperidine rings is 1. The monoisotopic (exact) mass is 519 g/mol. The Morgan fingerprint density at radius 1 is 1.00 bits per heavy atom. The second kappa shape index (κ2) is 9.85. The lowest BCUT2D eigenvalue weighted by atomic mass is 9.95. The second-order valence-corrected chi connectivity index (χ2v) is 11.1. The van der Waals surface area contributed by atoms with Crippen molar-refractivity contribution in [2.24, 2.45) is 11.0 Å². The molecular formula is C24H30BrN3O3S. The highest BCUT2D eigenvalue weighted by Crippen LogP contribution is 2.33. The number of hydrogen-bond acceptors (Lipinski definition) is 4. The Labute approximate surface area is 199 Å². The Bertz CT molecular complexity index is 1140. The number of sulfonamides is 1. The van der Waals surface area contributed by atoms with Crippen LogP contribution in [0.3, 0.4) is 0 Å². The van der Waals surface area contributed by atoms with Gasteiger partial charge in [0.25, 0.3) is 0 Å². The lowest BCUT2D eigenvalue weighted by Crippen LogP contribution is -2.42. The molecule has 172 valence electrons. The maximum Gasteiger partial charge on any atom is 0.243 e. The summed E-state index contributed by atoms with van der Waals surface area (Å²) in [6.45, 7) is 10.4. The minimum Gasteiger partial charge on any atom is -0.273 e. The van der Waals surface area contributed by atoms with Gasteiger partial charge in [-0.05, 0) is 81.3 Å². The first kappa shape index (κ1) is 24.6. The number of benzene rings is 2. The summed E-state index contributed by atoms with van der Waals surface area (Å²) >= 11 is 3.44. The van der Waals surface area contributed by atoms with Gasteiger partial charge in [-0.1, -0.05) is 34.1 Å². The molecular weight excluding hydrogens is 490 g/mol. The van der Waals surface area contributed by atoms with Crippen molar-refractivity contribution in [3.63, 3.8) is 0 Å². The van der Waals surface area contributed by atoms with Crippen LogP contribution in [0.15, 0.2) is 38.7 Å².